The quantitative estimate of drug-likeness (QED) is 0.634. The van der Waals surface area contributed by atoms with Gasteiger partial charge in [-0.05, 0) is 19.3 Å². The van der Waals surface area contributed by atoms with Crippen LogP contribution < -0.4 is 16.2 Å². The molecule has 1 atom stereocenters. The van der Waals surface area contributed by atoms with Gasteiger partial charge in [0.2, 0.25) is 0 Å². The molecule has 0 saturated carbocycles. The van der Waals surface area contributed by atoms with Crippen molar-refractivity contribution in [2.75, 3.05) is 23.4 Å². The van der Waals surface area contributed by atoms with Gasteiger partial charge in [0.05, 0.1) is 0 Å². The summed E-state index contributed by atoms with van der Waals surface area (Å²) in [6, 6.07) is 0. The average molecular weight is 249 g/mol. The Morgan fingerprint density at radius 3 is 2.61 bits per heavy atom. The van der Waals surface area contributed by atoms with Crippen LogP contribution in [0.15, 0.2) is 0 Å². The van der Waals surface area contributed by atoms with E-state index in [0.717, 1.165) is 42.0 Å². The van der Waals surface area contributed by atoms with Gasteiger partial charge in [-0.1, -0.05) is 20.8 Å². The highest BCUT2D eigenvalue weighted by atomic mass is 15.3. The van der Waals surface area contributed by atoms with E-state index in [1.54, 1.807) is 0 Å². The lowest BCUT2D eigenvalue weighted by Gasteiger charge is -2.22. The zero-order valence-corrected chi connectivity index (χ0v) is 11.7. The molecule has 0 spiro atoms. The zero-order chi connectivity index (χ0) is 13.3. The van der Waals surface area contributed by atoms with E-state index in [4.69, 9.17) is 10.8 Å². The summed E-state index contributed by atoms with van der Waals surface area (Å²) >= 11 is 0. The van der Waals surface area contributed by atoms with Crippen LogP contribution in [-0.2, 0) is 0 Å². The molecular weight excluding hydrogens is 226 g/mol. The minimum Gasteiger partial charge on any atom is -0.356 e. The zero-order valence-electron chi connectivity index (χ0n) is 11.7. The summed E-state index contributed by atoms with van der Waals surface area (Å²) in [5.41, 5.74) is 3.73. The number of hydrogen-bond acceptors (Lipinski definition) is 5. The van der Waals surface area contributed by atoms with Gasteiger partial charge in [0.1, 0.15) is 17.5 Å². The Morgan fingerprint density at radius 2 is 2.11 bits per heavy atom. The van der Waals surface area contributed by atoms with Crippen LogP contribution in [-0.4, -0.2) is 23.1 Å². The van der Waals surface area contributed by atoms with E-state index in [-0.39, 0.29) is 0 Å². The molecule has 5 heteroatoms. The molecule has 1 fully saturated rings. The summed E-state index contributed by atoms with van der Waals surface area (Å²) in [5.74, 6) is 9.21. The molecule has 0 amide bonds. The molecule has 2 rings (SSSR count). The first-order valence-electron chi connectivity index (χ1n) is 6.63. The molecular formula is C13H23N5. The fourth-order valence-electron chi connectivity index (χ4n) is 2.36. The number of hydrazine groups is 1. The topological polar surface area (TPSA) is 67.1 Å². The summed E-state index contributed by atoms with van der Waals surface area (Å²) in [6.45, 7) is 10.6. The summed E-state index contributed by atoms with van der Waals surface area (Å²) in [4.78, 5) is 11.5. The standard InChI is InChI=1S/C13H23N5/c1-8(2)11-15-12(17-14)10(4)13(16-11)18-6-5-9(3)7-18/h8-9H,5-7,14H2,1-4H3,(H,15,16,17). The van der Waals surface area contributed by atoms with Crippen molar-refractivity contribution in [3.63, 3.8) is 0 Å². The highest BCUT2D eigenvalue weighted by Crippen LogP contribution is 2.29. The van der Waals surface area contributed by atoms with Gasteiger partial charge >= 0.3 is 0 Å². The van der Waals surface area contributed by atoms with Crippen molar-refractivity contribution in [1.29, 1.82) is 0 Å². The first-order chi connectivity index (χ1) is 8.52. The highest BCUT2D eigenvalue weighted by Gasteiger charge is 2.23. The smallest absolute Gasteiger partial charge is 0.148 e. The predicted molar refractivity (Wildman–Crippen MR) is 74.7 cm³/mol. The monoisotopic (exact) mass is 249 g/mol. The number of nitrogen functional groups attached to an aromatic ring is 1. The second-order valence-electron chi connectivity index (χ2n) is 5.52. The van der Waals surface area contributed by atoms with E-state index in [1.165, 1.54) is 6.42 Å². The maximum Gasteiger partial charge on any atom is 0.148 e. The fourth-order valence-corrected chi connectivity index (χ4v) is 2.36. The number of nitrogens with two attached hydrogens (primary N) is 1. The lowest BCUT2D eigenvalue weighted by molar-refractivity contribution is 0.658. The third kappa shape index (κ3) is 2.41. The molecule has 1 saturated heterocycles. The van der Waals surface area contributed by atoms with Crippen molar-refractivity contribution in [3.05, 3.63) is 11.4 Å². The van der Waals surface area contributed by atoms with Crippen molar-refractivity contribution in [2.45, 2.75) is 40.0 Å². The predicted octanol–water partition coefficient (Wildman–Crippen LogP) is 2.04. The van der Waals surface area contributed by atoms with Crippen molar-refractivity contribution in [3.8, 4) is 0 Å². The summed E-state index contributed by atoms with van der Waals surface area (Å²) in [5, 5.41) is 0. The van der Waals surface area contributed by atoms with Gasteiger partial charge in [-0.15, -0.1) is 0 Å². The van der Waals surface area contributed by atoms with Crippen molar-refractivity contribution >= 4 is 11.6 Å². The van der Waals surface area contributed by atoms with Crippen LogP contribution in [0.2, 0.25) is 0 Å². The number of rotatable bonds is 3. The molecule has 5 nitrogen and oxygen atoms in total. The van der Waals surface area contributed by atoms with E-state index in [2.05, 4.69) is 36.1 Å². The van der Waals surface area contributed by atoms with E-state index >= 15 is 0 Å². The lowest BCUT2D eigenvalue weighted by atomic mass is 10.2. The maximum atomic E-state index is 5.56. The Balaban J connectivity index is 2.41. The Hall–Kier alpha value is -1.36. The van der Waals surface area contributed by atoms with E-state index in [9.17, 15) is 0 Å². The molecule has 0 aliphatic carbocycles. The van der Waals surface area contributed by atoms with Crippen molar-refractivity contribution < 1.29 is 0 Å². The third-order valence-electron chi connectivity index (χ3n) is 3.51. The molecule has 1 aliphatic rings. The Kier molecular flexibility index (Phi) is 3.71. The van der Waals surface area contributed by atoms with Gasteiger partial charge in [0, 0.05) is 24.6 Å². The van der Waals surface area contributed by atoms with Gasteiger partial charge in [-0.3, -0.25) is 0 Å². The van der Waals surface area contributed by atoms with Crippen molar-refractivity contribution in [1.82, 2.24) is 9.97 Å². The van der Waals surface area contributed by atoms with Gasteiger partial charge in [-0.2, -0.15) is 0 Å². The Bertz CT molecular complexity index is 430. The molecule has 1 aliphatic heterocycles. The normalized spacial score (nSPS) is 19.7. The minimum atomic E-state index is 0.302. The number of nitrogens with zero attached hydrogens (tertiary/aromatic N) is 3. The van der Waals surface area contributed by atoms with Gasteiger partial charge in [-0.25, -0.2) is 15.8 Å². The van der Waals surface area contributed by atoms with E-state index in [1.807, 2.05) is 6.92 Å². The van der Waals surface area contributed by atoms with Gasteiger partial charge in [0.15, 0.2) is 0 Å². The Morgan fingerprint density at radius 1 is 1.39 bits per heavy atom. The molecule has 1 aromatic heterocycles. The summed E-state index contributed by atoms with van der Waals surface area (Å²) in [7, 11) is 0. The van der Waals surface area contributed by atoms with Gasteiger partial charge < -0.3 is 10.3 Å². The van der Waals surface area contributed by atoms with E-state index in [0.29, 0.717) is 5.92 Å². The van der Waals surface area contributed by atoms with Crippen molar-refractivity contribution in [2.24, 2.45) is 11.8 Å². The first kappa shape index (κ1) is 13.1. The van der Waals surface area contributed by atoms with Crippen LogP contribution in [0.3, 0.4) is 0 Å². The number of nitrogens with one attached hydrogen (secondary N) is 1. The second kappa shape index (κ2) is 5.10. The van der Waals surface area contributed by atoms with Crippen LogP contribution in [0.1, 0.15) is 44.5 Å². The average Bonchev–Trinajstić information content (AvgIpc) is 2.75. The minimum absolute atomic E-state index is 0.302. The maximum absolute atomic E-state index is 5.56. The largest absolute Gasteiger partial charge is 0.356 e. The molecule has 0 aromatic carbocycles. The molecule has 18 heavy (non-hydrogen) atoms. The van der Waals surface area contributed by atoms with Crippen LogP contribution >= 0.6 is 0 Å². The van der Waals surface area contributed by atoms with Crippen LogP contribution in [0, 0.1) is 12.8 Å². The lowest BCUT2D eigenvalue weighted by Crippen LogP contribution is -2.24. The third-order valence-corrected chi connectivity index (χ3v) is 3.51. The van der Waals surface area contributed by atoms with Crippen LogP contribution in [0.4, 0.5) is 11.6 Å². The highest BCUT2D eigenvalue weighted by molar-refractivity contribution is 5.58. The molecule has 0 radical (unpaired) electrons. The van der Waals surface area contributed by atoms with Crippen LogP contribution in [0.25, 0.3) is 0 Å². The summed E-state index contributed by atoms with van der Waals surface area (Å²) < 4.78 is 0. The van der Waals surface area contributed by atoms with Gasteiger partial charge in [0.25, 0.3) is 0 Å². The molecule has 2 heterocycles. The molecule has 0 bridgehead atoms. The molecule has 1 aromatic rings. The molecule has 3 N–H and O–H groups in total. The fraction of sp³-hybridized carbons (Fsp3) is 0.692. The van der Waals surface area contributed by atoms with Crippen LogP contribution in [0.5, 0.6) is 0 Å². The second-order valence-corrected chi connectivity index (χ2v) is 5.52. The number of aromatic nitrogens is 2. The SMILES string of the molecule is Cc1c(NN)nc(C(C)C)nc1N1CCC(C)C1. The molecule has 1 unspecified atom stereocenters. The Labute approximate surface area is 109 Å². The summed E-state index contributed by atoms with van der Waals surface area (Å²) in [6.07, 6.45) is 1.23. The first-order valence-corrected chi connectivity index (χ1v) is 6.63. The molecule has 100 valence electrons. The number of hydrogen-bond donors (Lipinski definition) is 2. The number of anilines is 2. The van der Waals surface area contributed by atoms with E-state index < -0.39 is 0 Å².